The minimum absolute atomic E-state index is 0. The van der Waals surface area contributed by atoms with Gasteiger partial charge in [0.1, 0.15) is 6.61 Å². The molecule has 0 unspecified atom stereocenters. The maximum atomic E-state index is 11.6. The van der Waals surface area contributed by atoms with Crippen LogP contribution in [0.5, 0.6) is 0 Å². The summed E-state index contributed by atoms with van der Waals surface area (Å²) >= 11 is 0. The van der Waals surface area contributed by atoms with E-state index in [4.69, 9.17) is 4.74 Å². The number of ether oxygens (including phenoxy) is 1. The minimum atomic E-state index is -0.104. The van der Waals surface area contributed by atoms with Gasteiger partial charge in [-0.25, -0.2) is 0 Å². The third-order valence-electron chi connectivity index (χ3n) is 2.92. The molecule has 1 aromatic rings. The van der Waals surface area contributed by atoms with Gasteiger partial charge >= 0.3 is 0 Å². The van der Waals surface area contributed by atoms with Gasteiger partial charge in [-0.1, -0.05) is 6.07 Å². The molecule has 2 N–H and O–H groups in total. The molecule has 0 atom stereocenters. The summed E-state index contributed by atoms with van der Waals surface area (Å²) in [6.07, 6.45) is 1.13. The number of hydrogen-bond acceptors (Lipinski definition) is 3. The van der Waals surface area contributed by atoms with Gasteiger partial charge in [0, 0.05) is 12.2 Å². The molecule has 0 spiro atoms. The summed E-state index contributed by atoms with van der Waals surface area (Å²) in [6.45, 7) is 5.84. The Bertz CT molecular complexity index is 435. The third kappa shape index (κ3) is 4.82. The Hall–Kier alpha value is -1.10. The Kier molecular flexibility index (Phi) is 6.28. The molecule has 1 aromatic carbocycles. The van der Waals surface area contributed by atoms with Gasteiger partial charge < -0.3 is 15.4 Å². The van der Waals surface area contributed by atoms with Crippen molar-refractivity contribution in [3.63, 3.8) is 0 Å². The van der Waals surface area contributed by atoms with E-state index in [0.717, 1.165) is 25.2 Å². The maximum absolute atomic E-state index is 11.6. The lowest BCUT2D eigenvalue weighted by atomic mass is 10.0. The Morgan fingerprint density at radius 2 is 2.21 bits per heavy atom. The second-order valence-corrected chi connectivity index (χ2v) is 4.82. The van der Waals surface area contributed by atoms with Crippen molar-refractivity contribution in [1.29, 1.82) is 0 Å². The lowest BCUT2D eigenvalue weighted by Gasteiger charge is -2.18. The summed E-state index contributed by atoms with van der Waals surface area (Å²) < 4.78 is 5.26. The van der Waals surface area contributed by atoms with Crippen molar-refractivity contribution in [1.82, 2.24) is 5.32 Å². The fourth-order valence-electron chi connectivity index (χ4n) is 2.00. The SMILES string of the molecule is CC(C)OCC(=O)Nc1ccc2c(c1)CNCC2.Cl. The smallest absolute Gasteiger partial charge is 0.250 e. The molecule has 1 aliphatic rings. The highest BCUT2D eigenvalue weighted by Gasteiger charge is 2.10. The number of rotatable bonds is 4. The molecule has 0 aromatic heterocycles. The summed E-state index contributed by atoms with van der Waals surface area (Å²) in [5.41, 5.74) is 3.48. The first-order chi connectivity index (χ1) is 8.65. The lowest BCUT2D eigenvalue weighted by molar-refractivity contribution is -0.121. The molecule has 106 valence electrons. The number of halogens is 1. The molecule has 0 fully saturated rings. The number of hydrogen-bond donors (Lipinski definition) is 2. The van der Waals surface area contributed by atoms with Crippen molar-refractivity contribution in [2.45, 2.75) is 32.9 Å². The van der Waals surface area contributed by atoms with E-state index in [1.165, 1.54) is 11.1 Å². The van der Waals surface area contributed by atoms with Crippen LogP contribution in [0.25, 0.3) is 0 Å². The molecule has 1 amide bonds. The molecular formula is C14H21ClN2O2. The molecule has 1 aliphatic heterocycles. The van der Waals surface area contributed by atoms with E-state index in [2.05, 4.69) is 16.7 Å². The van der Waals surface area contributed by atoms with Crippen molar-refractivity contribution in [3.05, 3.63) is 29.3 Å². The quantitative estimate of drug-likeness (QED) is 0.890. The zero-order chi connectivity index (χ0) is 13.0. The number of anilines is 1. The summed E-state index contributed by atoms with van der Waals surface area (Å²) in [5.74, 6) is -0.104. The van der Waals surface area contributed by atoms with Gasteiger partial charge in [0.25, 0.3) is 0 Å². The van der Waals surface area contributed by atoms with E-state index in [0.29, 0.717) is 0 Å². The number of amides is 1. The summed E-state index contributed by atoms with van der Waals surface area (Å²) in [4.78, 5) is 11.6. The molecule has 0 bridgehead atoms. The Balaban J connectivity index is 0.00000180. The summed E-state index contributed by atoms with van der Waals surface area (Å²) in [6, 6.07) is 6.08. The Morgan fingerprint density at radius 1 is 1.42 bits per heavy atom. The number of fused-ring (bicyclic) bond motifs is 1. The molecule has 2 rings (SSSR count). The van der Waals surface area contributed by atoms with Crippen LogP contribution in [-0.2, 0) is 22.5 Å². The lowest BCUT2D eigenvalue weighted by Crippen LogP contribution is -2.24. The second-order valence-electron chi connectivity index (χ2n) is 4.82. The van der Waals surface area contributed by atoms with Gasteiger partial charge in [0.15, 0.2) is 0 Å². The van der Waals surface area contributed by atoms with Crippen molar-refractivity contribution < 1.29 is 9.53 Å². The molecular weight excluding hydrogens is 264 g/mol. The molecule has 0 radical (unpaired) electrons. The number of nitrogens with one attached hydrogen (secondary N) is 2. The highest BCUT2D eigenvalue weighted by molar-refractivity contribution is 5.91. The topological polar surface area (TPSA) is 50.4 Å². The van der Waals surface area contributed by atoms with E-state index >= 15 is 0 Å². The van der Waals surface area contributed by atoms with Crippen molar-refractivity contribution in [2.24, 2.45) is 0 Å². The predicted molar refractivity (Wildman–Crippen MR) is 78.8 cm³/mol. The average molecular weight is 285 g/mol. The summed E-state index contributed by atoms with van der Waals surface area (Å²) in [5, 5.41) is 6.18. The maximum Gasteiger partial charge on any atom is 0.250 e. The van der Waals surface area contributed by atoms with Crippen LogP contribution in [0, 0.1) is 0 Å². The average Bonchev–Trinajstić information content (AvgIpc) is 2.36. The highest BCUT2D eigenvalue weighted by atomic mass is 35.5. The Morgan fingerprint density at radius 3 is 2.95 bits per heavy atom. The number of carbonyl (C=O) groups excluding carboxylic acids is 1. The standard InChI is InChI=1S/C14H20N2O2.ClH/c1-10(2)18-9-14(17)16-13-4-3-11-5-6-15-8-12(11)7-13;/h3-4,7,10,15H,5-6,8-9H2,1-2H3,(H,16,17);1H. The fourth-order valence-corrected chi connectivity index (χ4v) is 2.00. The second kappa shape index (κ2) is 7.48. The zero-order valence-corrected chi connectivity index (χ0v) is 12.2. The van der Waals surface area contributed by atoms with Crippen LogP contribution in [0.2, 0.25) is 0 Å². The van der Waals surface area contributed by atoms with Crippen molar-refractivity contribution >= 4 is 24.0 Å². The normalized spacial score (nSPS) is 13.6. The third-order valence-corrected chi connectivity index (χ3v) is 2.92. The first-order valence-electron chi connectivity index (χ1n) is 6.39. The largest absolute Gasteiger partial charge is 0.369 e. The first-order valence-corrected chi connectivity index (χ1v) is 6.39. The van der Waals surface area contributed by atoms with Crippen LogP contribution in [0.15, 0.2) is 18.2 Å². The monoisotopic (exact) mass is 284 g/mol. The summed E-state index contributed by atoms with van der Waals surface area (Å²) in [7, 11) is 0. The van der Waals surface area contributed by atoms with E-state index < -0.39 is 0 Å². The van der Waals surface area contributed by atoms with E-state index in [-0.39, 0.29) is 31.0 Å². The van der Waals surface area contributed by atoms with Gasteiger partial charge in [-0.2, -0.15) is 0 Å². The van der Waals surface area contributed by atoms with Crippen LogP contribution in [0.1, 0.15) is 25.0 Å². The molecule has 1 heterocycles. The van der Waals surface area contributed by atoms with E-state index in [1.807, 2.05) is 26.0 Å². The molecule has 0 saturated carbocycles. The van der Waals surface area contributed by atoms with Gasteiger partial charge in [-0.3, -0.25) is 4.79 Å². The van der Waals surface area contributed by atoms with E-state index in [1.54, 1.807) is 0 Å². The fraction of sp³-hybridized carbons (Fsp3) is 0.500. The van der Waals surface area contributed by atoms with Crippen molar-refractivity contribution in [2.75, 3.05) is 18.5 Å². The predicted octanol–water partition coefficient (Wildman–Crippen LogP) is 2.12. The Labute approximate surface area is 120 Å². The molecule has 19 heavy (non-hydrogen) atoms. The van der Waals surface area contributed by atoms with E-state index in [9.17, 15) is 4.79 Å². The van der Waals surface area contributed by atoms with Crippen LogP contribution in [0.4, 0.5) is 5.69 Å². The van der Waals surface area contributed by atoms with Gasteiger partial charge in [0.05, 0.1) is 6.10 Å². The van der Waals surface area contributed by atoms with Gasteiger partial charge in [-0.05, 0) is 50.1 Å². The van der Waals surface area contributed by atoms with Gasteiger partial charge in [0.2, 0.25) is 5.91 Å². The minimum Gasteiger partial charge on any atom is -0.369 e. The van der Waals surface area contributed by atoms with Crippen LogP contribution >= 0.6 is 12.4 Å². The molecule has 0 saturated heterocycles. The van der Waals surface area contributed by atoms with Gasteiger partial charge in [-0.15, -0.1) is 12.4 Å². The number of benzene rings is 1. The van der Waals surface area contributed by atoms with Crippen LogP contribution < -0.4 is 10.6 Å². The molecule has 4 nitrogen and oxygen atoms in total. The molecule has 0 aliphatic carbocycles. The zero-order valence-electron chi connectivity index (χ0n) is 11.4. The van der Waals surface area contributed by atoms with Crippen LogP contribution in [0.3, 0.4) is 0 Å². The molecule has 5 heteroatoms. The first kappa shape index (κ1) is 16.0. The van der Waals surface area contributed by atoms with Crippen LogP contribution in [-0.4, -0.2) is 25.2 Å². The van der Waals surface area contributed by atoms with Crippen molar-refractivity contribution in [3.8, 4) is 0 Å². The number of carbonyl (C=O) groups is 1. The highest BCUT2D eigenvalue weighted by Crippen LogP contribution is 2.18.